The molecule has 0 nitrogen and oxygen atoms in total. The van der Waals surface area contributed by atoms with E-state index in [1.165, 1.54) is 143 Å². The Morgan fingerprint density at radius 2 is 0.543 bits per heavy atom. The molecule has 10 aromatic carbocycles. The van der Waals surface area contributed by atoms with E-state index in [1.807, 2.05) is 0 Å². The zero-order chi connectivity index (χ0) is 47.5. The summed E-state index contributed by atoms with van der Waals surface area (Å²) in [6, 6.07) is 80.8. The van der Waals surface area contributed by atoms with Crippen molar-refractivity contribution in [2.75, 3.05) is 0 Å². The first-order chi connectivity index (χ1) is 33.3. The Hall–Kier alpha value is -5.45. The van der Waals surface area contributed by atoms with Gasteiger partial charge in [0.05, 0.1) is 0 Å². The third-order valence-corrected chi connectivity index (χ3v) is 14.9. The molecule has 0 spiro atoms. The molecular weight excluding hydrogens is 1050 g/mol. The molecule has 344 valence electrons. The van der Waals surface area contributed by atoms with E-state index < -0.39 is 0 Å². The largest absolute Gasteiger partial charge is 0.126 e. The molecule has 0 aromatic heterocycles. The van der Waals surface area contributed by atoms with Crippen molar-refractivity contribution in [3.63, 3.8) is 0 Å². The fourth-order valence-electron chi connectivity index (χ4n) is 7.80. The number of benzene rings is 8. The van der Waals surface area contributed by atoms with Gasteiger partial charge in [0.2, 0.25) is 0 Å². The van der Waals surface area contributed by atoms with Crippen molar-refractivity contribution in [2.24, 2.45) is 0 Å². The number of hydrogen-bond acceptors (Lipinski definition) is 0. The molecule has 12 rings (SSSR count). The van der Waals surface area contributed by atoms with Crippen LogP contribution in [-0.2, 0) is 48.5 Å². The molecule has 2 aliphatic rings. The molecule has 0 radical (unpaired) electrons. The van der Waals surface area contributed by atoms with Gasteiger partial charge in [-0.05, 0) is 0 Å². The first-order valence-corrected chi connectivity index (χ1v) is 25.6. The quantitative estimate of drug-likeness (QED) is 0.154. The maximum absolute atomic E-state index is 3.12. The van der Waals surface area contributed by atoms with Crippen molar-refractivity contribution in [2.45, 2.75) is 40.5 Å². The van der Waals surface area contributed by atoms with Crippen molar-refractivity contribution in [1.29, 1.82) is 0 Å². The van der Waals surface area contributed by atoms with Crippen LogP contribution < -0.4 is 24.8 Å². The minimum atomic E-state index is 0. The second kappa shape index (κ2) is 29.0. The Morgan fingerprint density at radius 3 is 0.729 bits per heavy atom. The van der Waals surface area contributed by atoms with E-state index in [4.69, 9.17) is 0 Å². The molecule has 0 bridgehead atoms. The van der Waals surface area contributed by atoms with E-state index in [0.717, 1.165) is 12.8 Å². The third-order valence-electron chi connectivity index (χ3n) is 12.0. The van der Waals surface area contributed by atoms with Gasteiger partial charge in [0, 0.05) is 0 Å². The zero-order valence-corrected chi connectivity index (χ0v) is 46.7. The van der Waals surface area contributed by atoms with Crippen molar-refractivity contribution in [3.05, 3.63) is 299 Å². The number of halogens is 2. The molecule has 0 N–H and O–H groups in total. The summed E-state index contributed by atoms with van der Waals surface area (Å²) in [6.45, 7) is 8.53. The normalized spacial score (nSPS) is 11.9. The van der Waals surface area contributed by atoms with Gasteiger partial charge in [-0.25, -0.2) is 23.3 Å². The van der Waals surface area contributed by atoms with Crippen LogP contribution in [0.2, 0.25) is 0 Å². The molecule has 0 heterocycles. The average Bonchev–Trinajstić information content (AvgIpc) is 4.20. The van der Waals surface area contributed by atoms with Gasteiger partial charge in [0.1, 0.15) is 0 Å². The second-order valence-electron chi connectivity index (χ2n) is 16.8. The van der Waals surface area contributed by atoms with E-state index in [0.29, 0.717) is 0 Å². The molecule has 2 aliphatic carbocycles. The minimum Gasteiger partial charge on any atom is -0.126 e. The summed E-state index contributed by atoms with van der Waals surface area (Å²) in [4.78, 5) is 0. The van der Waals surface area contributed by atoms with Crippen molar-refractivity contribution in [1.82, 2.24) is 0 Å². The molecule has 0 unspecified atom stereocenters. The molecule has 4 heteroatoms. The van der Waals surface area contributed by atoms with Gasteiger partial charge in [-0.15, -0.1) is 106 Å². The van der Waals surface area contributed by atoms with Crippen LogP contribution in [0.4, 0.5) is 0 Å². The smallest absolute Gasteiger partial charge is 0.0771 e. The third kappa shape index (κ3) is 15.8. The summed E-state index contributed by atoms with van der Waals surface area (Å²) < 4.78 is 2.83. The Bertz CT molecular complexity index is 2920. The van der Waals surface area contributed by atoms with Crippen LogP contribution in [-0.4, -0.2) is 6.41 Å². The van der Waals surface area contributed by atoms with E-state index in [-0.39, 0.29) is 24.8 Å². The summed E-state index contributed by atoms with van der Waals surface area (Å²) in [5, 5.41) is 10.8. The monoisotopic (exact) mass is 1100 g/mol. The van der Waals surface area contributed by atoms with Gasteiger partial charge in [-0.1, -0.05) is 86.6 Å². The topological polar surface area (TPSA) is 0 Å². The molecule has 0 amide bonds. The van der Waals surface area contributed by atoms with Crippen LogP contribution in [0.25, 0.3) is 43.1 Å². The Morgan fingerprint density at radius 1 is 0.329 bits per heavy atom. The predicted molar refractivity (Wildman–Crippen MR) is 288 cm³/mol. The SMILES string of the molecule is CC1=C(C)C[C-]=C1.CC1=C(C)C[C-]=C1.[Cl-].[Cl-].[Zr+2]=[C](c1ccccc1)c1ccccc1.[Zr+2]=[C](c1ccccc1)c1ccccc1.c1ccc2c(c1)[cH-]c1ccccc12.c1ccc2c(c1)[cH-]c1ccccc12. The van der Waals surface area contributed by atoms with Crippen LogP contribution in [0.15, 0.2) is 265 Å². The van der Waals surface area contributed by atoms with Crippen LogP contribution in [0, 0.1) is 12.2 Å². The predicted octanol–water partition coefficient (Wildman–Crippen LogP) is 11.2. The zero-order valence-electron chi connectivity index (χ0n) is 40.3. The summed E-state index contributed by atoms with van der Waals surface area (Å²) >= 11 is 2.92. The summed E-state index contributed by atoms with van der Waals surface area (Å²) in [5.74, 6) is 0. The maximum Gasteiger partial charge on any atom is -0.0771 e. The maximum atomic E-state index is 3.12. The van der Waals surface area contributed by atoms with Crippen molar-refractivity contribution < 1.29 is 73.3 Å². The molecule has 0 atom stereocenters. The molecular formula is C66H56Cl2Zr2-2. The standard InChI is InChI=1S/2C13H9.2C13H10.2C7H9.2ClH.2Zr/c2*1-3-7-12-10(5-1)9-11-6-2-4-8-13(11)12;2*1-3-7-12(8-4-1)11-13-9-5-2-6-10-13;2*1-6-4-3-5-7(6)2;;;;/h2*1-9H;2*1-10H;2*4H,5H2,1-2H3;2*1H;;/q2*-1;;;2*-1;;;2*+2/p-2. The summed E-state index contributed by atoms with van der Waals surface area (Å²) in [5.41, 5.74) is 11.0. The Labute approximate surface area is 458 Å². The van der Waals surface area contributed by atoms with Crippen LogP contribution in [0.3, 0.4) is 0 Å². The van der Waals surface area contributed by atoms with Crippen LogP contribution >= 0.6 is 0 Å². The van der Waals surface area contributed by atoms with Gasteiger partial charge in [0.15, 0.2) is 0 Å². The molecule has 70 heavy (non-hydrogen) atoms. The van der Waals surface area contributed by atoms with Crippen molar-refractivity contribution >= 4 is 49.5 Å². The molecule has 0 fully saturated rings. The first kappa shape index (κ1) is 55.5. The van der Waals surface area contributed by atoms with Gasteiger partial charge in [0.25, 0.3) is 0 Å². The minimum absolute atomic E-state index is 0. The Balaban J connectivity index is 0.000000158. The van der Waals surface area contributed by atoms with E-state index >= 15 is 0 Å². The number of hydrogen-bond donors (Lipinski definition) is 0. The average molecular weight is 1100 g/mol. The number of fused-ring (bicyclic) bond motifs is 6. The van der Waals surface area contributed by atoms with Crippen LogP contribution in [0.1, 0.15) is 62.8 Å². The first-order valence-electron chi connectivity index (χ1n) is 23.2. The van der Waals surface area contributed by atoms with E-state index in [2.05, 4.69) is 283 Å². The molecule has 0 saturated heterocycles. The van der Waals surface area contributed by atoms with Crippen molar-refractivity contribution in [3.8, 4) is 0 Å². The van der Waals surface area contributed by atoms with E-state index in [1.54, 1.807) is 0 Å². The van der Waals surface area contributed by atoms with Gasteiger partial charge >= 0.3 is 198 Å². The molecule has 10 aromatic rings. The fraction of sp³-hybridized carbons (Fsp3) is 0.0909. The molecule has 0 aliphatic heterocycles. The van der Waals surface area contributed by atoms with Crippen LogP contribution in [0.5, 0.6) is 0 Å². The van der Waals surface area contributed by atoms with E-state index in [9.17, 15) is 0 Å². The fourth-order valence-corrected chi connectivity index (χ4v) is 9.44. The Kier molecular flexibility index (Phi) is 23.0. The summed E-state index contributed by atoms with van der Waals surface area (Å²) in [7, 11) is 0. The van der Waals surface area contributed by atoms with Gasteiger partial charge < -0.3 is 24.8 Å². The summed E-state index contributed by atoms with van der Waals surface area (Å²) in [6.07, 6.45) is 12.4. The number of allylic oxidation sites excluding steroid dienone is 8. The van der Waals surface area contributed by atoms with Gasteiger partial charge in [-0.3, -0.25) is 12.2 Å². The van der Waals surface area contributed by atoms with Gasteiger partial charge in [-0.2, -0.15) is 11.1 Å². The molecule has 0 saturated carbocycles. The number of rotatable bonds is 4. The second-order valence-corrected chi connectivity index (χ2v) is 19.3.